The van der Waals surface area contributed by atoms with Crippen LogP contribution in [-0.2, 0) is 22.4 Å². The lowest BCUT2D eigenvalue weighted by atomic mass is 9.85. The number of halogens is 1. The van der Waals surface area contributed by atoms with Crippen LogP contribution in [-0.4, -0.2) is 23.9 Å². The van der Waals surface area contributed by atoms with Crippen LogP contribution in [0, 0.1) is 12.7 Å². The van der Waals surface area contributed by atoms with E-state index < -0.39 is 5.54 Å². The fourth-order valence-corrected chi connectivity index (χ4v) is 3.72. The third-order valence-electron chi connectivity index (χ3n) is 5.38. The minimum absolute atomic E-state index is 0.00765. The van der Waals surface area contributed by atoms with E-state index in [1.165, 1.54) is 23.3 Å². The predicted octanol–water partition coefficient (Wildman–Crippen LogP) is 3.46. The molecule has 5 heteroatoms. The van der Waals surface area contributed by atoms with Crippen LogP contribution in [0.5, 0.6) is 0 Å². The Morgan fingerprint density at radius 2 is 1.79 bits per heavy atom. The molecule has 3 rings (SSSR count). The normalized spacial score (nSPS) is 18.7. The molecule has 0 saturated carbocycles. The van der Waals surface area contributed by atoms with Gasteiger partial charge in [0.2, 0.25) is 11.8 Å². The molecule has 0 radical (unpaired) electrons. The van der Waals surface area contributed by atoms with Crippen molar-refractivity contribution < 1.29 is 14.0 Å². The van der Waals surface area contributed by atoms with Gasteiger partial charge in [-0.05, 0) is 55.9 Å². The van der Waals surface area contributed by atoms with Gasteiger partial charge in [0.25, 0.3) is 0 Å². The number of rotatable bonds is 8. The Morgan fingerprint density at radius 3 is 2.43 bits per heavy atom. The fourth-order valence-electron chi connectivity index (χ4n) is 3.72. The van der Waals surface area contributed by atoms with Gasteiger partial charge in [-0.15, -0.1) is 0 Å². The molecular formula is C23H27FN2O2. The third kappa shape index (κ3) is 5.65. The maximum Gasteiger partial charge on any atom is 0.220 e. The summed E-state index contributed by atoms with van der Waals surface area (Å²) < 4.78 is 13.1. The minimum Gasteiger partial charge on any atom is -0.356 e. The van der Waals surface area contributed by atoms with Crippen molar-refractivity contribution in [3.05, 3.63) is 71.0 Å². The number of benzene rings is 2. The molecule has 0 bridgehead atoms. The van der Waals surface area contributed by atoms with E-state index in [0.29, 0.717) is 38.6 Å². The summed E-state index contributed by atoms with van der Waals surface area (Å²) in [4.78, 5) is 24.1. The summed E-state index contributed by atoms with van der Waals surface area (Å²) in [6.07, 6.45) is 3.50. The van der Waals surface area contributed by atoms with E-state index in [1.807, 2.05) is 0 Å². The first kappa shape index (κ1) is 20.1. The van der Waals surface area contributed by atoms with Gasteiger partial charge in [0, 0.05) is 24.9 Å². The molecule has 1 aliphatic heterocycles. The van der Waals surface area contributed by atoms with E-state index in [9.17, 15) is 14.0 Å². The van der Waals surface area contributed by atoms with E-state index in [4.69, 9.17) is 0 Å². The van der Waals surface area contributed by atoms with Crippen molar-refractivity contribution >= 4 is 11.8 Å². The average molecular weight is 382 g/mol. The van der Waals surface area contributed by atoms with Crippen LogP contribution >= 0.6 is 0 Å². The average Bonchev–Trinajstić information content (AvgIpc) is 3.04. The Labute approximate surface area is 165 Å². The second-order valence-corrected chi connectivity index (χ2v) is 7.72. The summed E-state index contributed by atoms with van der Waals surface area (Å²) >= 11 is 0. The molecule has 2 N–H and O–H groups in total. The summed E-state index contributed by atoms with van der Waals surface area (Å²) in [6, 6.07) is 14.6. The van der Waals surface area contributed by atoms with Gasteiger partial charge in [0.05, 0.1) is 0 Å². The van der Waals surface area contributed by atoms with Crippen molar-refractivity contribution in [3.8, 4) is 0 Å². The standard InChI is InChI=1S/C23H27FN2O2/c1-17-2-4-18(5-3-17)12-15-25-21(27)10-13-23(14-11-22(28)26-23)16-19-6-8-20(24)9-7-19/h2-9H,10-16H2,1H3,(H,25,27)(H,26,28). The molecule has 28 heavy (non-hydrogen) atoms. The lowest BCUT2D eigenvalue weighted by Gasteiger charge is -2.29. The number of hydrogen-bond donors (Lipinski definition) is 2. The summed E-state index contributed by atoms with van der Waals surface area (Å²) in [5.74, 6) is -0.269. The van der Waals surface area contributed by atoms with E-state index >= 15 is 0 Å². The summed E-state index contributed by atoms with van der Waals surface area (Å²) in [5, 5.41) is 6.03. The maximum atomic E-state index is 13.1. The van der Waals surface area contributed by atoms with Crippen LogP contribution in [0.15, 0.2) is 48.5 Å². The van der Waals surface area contributed by atoms with Gasteiger partial charge in [-0.2, -0.15) is 0 Å². The van der Waals surface area contributed by atoms with Gasteiger partial charge in [-0.1, -0.05) is 42.0 Å². The molecule has 1 unspecified atom stereocenters. The minimum atomic E-state index is -0.427. The van der Waals surface area contributed by atoms with Crippen molar-refractivity contribution in [3.63, 3.8) is 0 Å². The highest BCUT2D eigenvalue weighted by molar-refractivity contribution is 5.80. The number of carbonyl (C=O) groups is 2. The van der Waals surface area contributed by atoms with Crippen molar-refractivity contribution in [1.82, 2.24) is 10.6 Å². The Hall–Kier alpha value is -2.69. The van der Waals surface area contributed by atoms with Gasteiger partial charge in [0.15, 0.2) is 0 Å². The Balaban J connectivity index is 1.50. The molecular weight excluding hydrogens is 355 g/mol. The molecule has 1 aliphatic rings. The van der Waals surface area contributed by atoms with Crippen molar-refractivity contribution in [1.29, 1.82) is 0 Å². The van der Waals surface area contributed by atoms with Crippen LogP contribution in [0.25, 0.3) is 0 Å². The highest BCUT2D eigenvalue weighted by Gasteiger charge is 2.37. The topological polar surface area (TPSA) is 58.2 Å². The van der Waals surface area contributed by atoms with Gasteiger partial charge < -0.3 is 10.6 Å². The molecule has 4 nitrogen and oxygen atoms in total. The second kappa shape index (κ2) is 9.00. The molecule has 2 aromatic carbocycles. The first-order valence-corrected chi connectivity index (χ1v) is 9.82. The smallest absolute Gasteiger partial charge is 0.220 e. The largest absolute Gasteiger partial charge is 0.356 e. The summed E-state index contributed by atoms with van der Waals surface area (Å²) in [5.41, 5.74) is 2.95. The molecule has 1 heterocycles. The number of amides is 2. The first-order valence-electron chi connectivity index (χ1n) is 9.82. The first-order chi connectivity index (χ1) is 13.4. The molecule has 148 valence electrons. The number of hydrogen-bond acceptors (Lipinski definition) is 2. The molecule has 1 saturated heterocycles. The molecule has 1 atom stereocenters. The summed E-state index contributed by atoms with van der Waals surface area (Å²) in [7, 11) is 0. The van der Waals surface area contributed by atoms with Gasteiger partial charge in [-0.25, -0.2) is 4.39 Å². The molecule has 2 aromatic rings. The van der Waals surface area contributed by atoms with E-state index in [0.717, 1.165) is 12.0 Å². The molecule has 2 amide bonds. The molecule has 0 aliphatic carbocycles. The van der Waals surface area contributed by atoms with Crippen LogP contribution in [0.4, 0.5) is 4.39 Å². The van der Waals surface area contributed by atoms with E-state index in [-0.39, 0.29) is 17.6 Å². The van der Waals surface area contributed by atoms with Crippen LogP contribution < -0.4 is 10.6 Å². The van der Waals surface area contributed by atoms with Crippen LogP contribution in [0.1, 0.15) is 42.4 Å². The highest BCUT2D eigenvalue weighted by Crippen LogP contribution is 2.29. The molecule has 0 aromatic heterocycles. The van der Waals surface area contributed by atoms with E-state index in [2.05, 4.69) is 41.8 Å². The zero-order valence-electron chi connectivity index (χ0n) is 16.3. The second-order valence-electron chi connectivity index (χ2n) is 7.72. The van der Waals surface area contributed by atoms with Crippen molar-refractivity contribution in [2.75, 3.05) is 6.54 Å². The number of carbonyl (C=O) groups excluding carboxylic acids is 2. The highest BCUT2D eigenvalue weighted by atomic mass is 19.1. The van der Waals surface area contributed by atoms with Gasteiger partial charge >= 0.3 is 0 Å². The lowest BCUT2D eigenvalue weighted by molar-refractivity contribution is -0.122. The van der Waals surface area contributed by atoms with Crippen molar-refractivity contribution in [2.45, 2.75) is 51.0 Å². The lowest BCUT2D eigenvalue weighted by Crippen LogP contribution is -2.44. The third-order valence-corrected chi connectivity index (χ3v) is 5.38. The predicted molar refractivity (Wildman–Crippen MR) is 107 cm³/mol. The Kier molecular flexibility index (Phi) is 6.45. The number of nitrogens with one attached hydrogen (secondary N) is 2. The fraction of sp³-hybridized carbons (Fsp3) is 0.391. The van der Waals surface area contributed by atoms with Gasteiger partial charge in [0.1, 0.15) is 5.82 Å². The van der Waals surface area contributed by atoms with Crippen molar-refractivity contribution in [2.24, 2.45) is 0 Å². The quantitative estimate of drug-likeness (QED) is 0.735. The maximum absolute atomic E-state index is 13.1. The summed E-state index contributed by atoms with van der Waals surface area (Å²) in [6.45, 7) is 2.65. The Morgan fingerprint density at radius 1 is 1.11 bits per heavy atom. The van der Waals surface area contributed by atoms with Crippen LogP contribution in [0.3, 0.4) is 0 Å². The molecule has 1 fully saturated rings. The SMILES string of the molecule is Cc1ccc(CCNC(=O)CCC2(Cc3ccc(F)cc3)CCC(=O)N2)cc1. The van der Waals surface area contributed by atoms with E-state index in [1.54, 1.807) is 12.1 Å². The number of aryl methyl sites for hydroxylation is 1. The molecule has 0 spiro atoms. The zero-order valence-corrected chi connectivity index (χ0v) is 16.3. The zero-order chi connectivity index (χ0) is 20.0. The Bertz CT molecular complexity index is 818. The van der Waals surface area contributed by atoms with Gasteiger partial charge in [-0.3, -0.25) is 9.59 Å². The van der Waals surface area contributed by atoms with Crippen LogP contribution in [0.2, 0.25) is 0 Å². The monoisotopic (exact) mass is 382 g/mol.